The number of pyridine rings is 1. The van der Waals surface area contributed by atoms with Gasteiger partial charge in [0.15, 0.2) is 11.6 Å². The van der Waals surface area contributed by atoms with Gasteiger partial charge in [-0.2, -0.15) is 0 Å². The lowest BCUT2D eigenvalue weighted by atomic mass is 10.1. The first-order valence-electron chi connectivity index (χ1n) is 12.9. The van der Waals surface area contributed by atoms with E-state index in [1.165, 1.54) is 6.07 Å². The zero-order valence-electron chi connectivity index (χ0n) is 22.0. The van der Waals surface area contributed by atoms with Crippen molar-refractivity contribution in [3.8, 4) is 11.5 Å². The highest BCUT2D eigenvalue weighted by atomic mass is 35.5. The van der Waals surface area contributed by atoms with E-state index in [9.17, 15) is 8.42 Å². The number of hydrogen-bond donors (Lipinski definition) is 1. The molecule has 10 heteroatoms. The van der Waals surface area contributed by atoms with Gasteiger partial charge in [-0.25, -0.2) is 13.4 Å². The number of nitrogens with zero attached hydrogens (tertiary/aromatic N) is 3. The van der Waals surface area contributed by atoms with Crippen molar-refractivity contribution in [2.75, 3.05) is 49.5 Å². The van der Waals surface area contributed by atoms with Crippen molar-refractivity contribution in [3.05, 3.63) is 69.9 Å². The summed E-state index contributed by atoms with van der Waals surface area (Å²) < 4.78 is 41.6. The van der Waals surface area contributed by atoms with Crippen LogP contribution in [0.15, 0.2) is 47.4 Å². The number of fused-ring (bicyclic) bond motifs is 2. The first-order valence-corrected chi connectivity index (χ1v) is 14.7. The van der Waals surface area contributed by atoms with Gasteiger partial charge in [-0.3, -0.25) is 4.72 Å². The van der Waals surface area contributed by atoms with Crippen LogP contribution in [-0.2, 0) is 29.5 Å². The number of aromatic nitrogens is 1. The Morgan fingerprint density at radius 2 is 1.95 bits per heavy atom. The fraction of sp³-hybridized carbons (Fsp3) is 0.393. The first kappa shape index (κ1) is 26.6. The van der Waals surface area contributed by atoms with E-state index in [-0.39, 0.29) is 17.3 Å². The first-order chi connectivity index (χ1) is 18.2. The molecule has 8 nitrogen and oxygen atoms in total. The van der Waals surface area contributed by atoms with Crippen molar-refractivity contribution in [2.45, 2.75) is 38.2 Å². The third kappa shape index (κ3) is 5.55. The SMILES string of the molecule is CCN1CCc2cc(OCc3ccc4c(c3)OCCN4C)c(NS(=O)(=O)c3cccc(Cl)c3C)nc2CC1. The summed E-state index contributed by atoms with van der Waals surface area (Å²) in [5.41, 5.74) is 4.41. The fourth-order valence-corrected chi connectivity index (χ4v) is 6.38. The molecule has 38 heavy (non-hydrogen) atoms. The summed E-state index contributed by atoms with van der Waals surface area (Å²) in [4.78, 5) is 9.43. The second-order valence-electron chi connectivity index (χ2n) is 9.70. The normalized spacial score (nSPS) is 15.7. The van der Waals surface area contributed by atoms with E-state index in [0.29, 0.717) is 22.9 Å². The van der Waals surface area contributed by atoms with E-state index < -0.39 is 10.0 Å². The molecule has 1 aromatic heterocycles. The van der Waals surface area contributed by atoms with Crippen molar-refractivity contribution < 1.29 is 17.9 Å². The molecule has 0 radical (unpaired) electrons. The maximum Gasteiger partial charge on any atom is 0.263 e. The molecule has 0 bridgehead atoms. The smallest absolute Gasteiger partial charge is 0.263 e. The number of benzene rings is 2. The zero-order chi connectivity index (χ0) is 26.9. The molecule has 1 N–H and O–H groups in total. The number of ether oxygens (including phenoxy) is 2. The Hall–Kier alpha value is -3.01. The van der Waals surface area contributed by atoms with Crippen LogP contribution in [-0.4, -0.2) is 58.1 Å². The van der Waals surface area contributed by atoms with Gasteiger partial charge in [0.25, 0.3) is 10.0 Å². The van der Waals surface area contributed by atoms with Crippen molar-refractivity contribution in [2.24, 2.45) is 0 Å². The monoisotopic (exact) mass is 556 g/mol. The second kappa shape index (κ2) is 11.0. The molecule has 0 spiro atoms. The molecule has 2 aromatic carbocycles. The quantitative estimate of drug-likeness (QED) is 0.452. The molecule has 3 aromatic rings. The molecule has 2 aliphatic rings. The Morgan fingerprint density at radius 3 is 2.76 bits per heavy atom. The minimum absolute atomic E-state index is 0.112. The summed E-state index contributed by atoms with van der Waals surface area (Å²) in [7, 11) is -1.91. The molecule has 3 heterocycles. The van der Waals surface area contributed by atoms with Gasteiger partial charge in [0.2, 0.25) is 0 Å². The second-order valence-corrected chi connectivity index (χ2v) is 11.8. The lowest BCUT2D eigenvalue weighted by molar-refractivity contribution is 0.297. The third-order valence-electron chi connectivity index (χ3n) is 7.22. The van der Waals surface area contributed by atoms with Gasteiger partial charge in [-0.1, -0.05) is 30.7 Å². The molecule has 0 aliphatic carbocycles. The summed E-state index contributed by atoms with van der Waals surface area (Å²) in [6, 6.07) is 12.8. The summed E-state index contributed by atoms with van der Waals surface area (Å²) in [6.45, 7) is 8.31. The van der Waals surface area contributed by atoms with Gasteiger partial charge in [0.1, 0.15) is 19.0 Å². The number of anilines is 2. The average molecular weight is 557 g/mol. The van der Waals surface area contributed by atoms with E-state index >= 15 is 0 Å². The molecule has 0 saturated carbocycles. The van der Waals surface area contributed by atoms with Crippen molar-refractivity contribution in [1.82, 2.24) is 9.88 Å². The van der Waals surface area contributed by atoms with Gasteiger partial charge in [-0.15, -0.1) is 0 Å². The molecule has 0 saturated heterocycles. The van der Waals surface area contributed by atoms with E-state index in [1.54, 1.807) is 19.1 Å². The largest absolute Gasteiger partial charge is 0.490 e. The molecule has 5 rings (SSSR count). The van der Waals surface area contributed by atoms with Gasteiger partial charge >= 0.3 is 0 Å². The molecule has 0 atom stereocenters. The average Bonchev–Trinajstić information content (AvgIpc) is 3.10. The van der Waals surface area contributed by atoms with Crippen LogP contribution >= 0.6 is 11.6 Å². The van der Waals surface area contributed by atoms with Gasteiger partial charge in [0.05, 0.1) is 17.1 Å². The molecular weight excluding hydrogens is 524 g/mol. The number of nitrogens with one attached hydrogen (secondary N) is 1. The lowest BCUT2D eigenvalue weighted by Gasteiger charge is -2.28. The highest BCUT2D eigenvalue weighted by molar-refractivity contribution is 7.92. The van der Waals surface area contributed by atoms with Crippen LogP contribution in [0.4, 0.5) is 11.5 Å². The van der Waals surface area contributed by atoms with Crippen molar-refractivity contribution in [1.29, 1.82) is 0 Å². The Kier molecular flexibility index (Phi) is 7.70. The van der Waals surface area contributed by atoms with Crippen LogP contribution in [0.1, 0.15) is 29.3 Å². The van der Waals surface area contributed by atoms with Crippen LogP contribution in [0.5, 0.6) is 11.5 Å². The maximum absolute atomic E-state index is 13.4. The standard InChI is InChI=1S/C28H33ClN4O4S/c1-4-33-12-10-21-17-26(37-18-20-8-9-24-25(16-20)36-15-14-32(24)3)28(30-23(21)11-13-33)31-38(34,35)27-7-5-6-22(29)19(27)2/h5-9,16-17H,4,10-15,18H2,1-3H3,(H,30,31). The summed E-state index contributed by atoms with van der Waals surface area (Å²) >= 11 is 6.22. The van der Waals surface area contributed by atoms with E-state index in [2.05, 4.69) is 21.4 Å². The summed E-state index contributed by atoms with van der Waals surface area (Å²) in [5, 5.41) is 0.388. The maximum atomic E-state index is 13.4. The van der Waals surface area contributed by atoms with Crippen LogP contribution in [0.2, 0.25) is 5.02 Å². The van der Waals surface area contributed by atoms with Crippen LogP contribution < -0.4 is 19.1 Å². The Labute approximate surface area is 229 Å². The van der Waals surface area contributed by atoms with Crippen LogP contribution in [0, 0.1) is 6.92 Å². The number of halogens is 1. The molecule has 2 aliphatic heterocycles. The lowest BCUT2D eigenvalue weighted by Crippen LogP contribution is -2.28. The fourth-order valence-electron chi connectivity index (χ4n) is 4.87. The van der Waals surface area contributed by atoms with E-state index in [0.717, 1.165) is 67.3 Å². The van der Waals surface area contributed by atoms with Gasteiger partial charge < -0.3 is 19.3 Å². The summed E-state index contributed by atoms with van der Waals surface area (Å²) in [6.07, 6.45) is 1.57. The molecular formula is C28H33ClN4O4S. The number of likely N-dealkylation sites (N-methyl/N-ethyl adjacent to an activating group) is 2. The predicted octanol–water partition coefficient (Wildman–Crippen LogP) is 4.67. The molecule has 0 amide bonds. The topological polar surface area (TPSA) is 84.0 Å². The number of hydrogen-bond acceptors (Lipinski definition) is 7. The predicted molar refractivity (Wildman–Crippen MR) is 150 cm³/mol. The van der Waals surface area contributed by atoms with Gasteiger partial charge in [-0.05, 0) is 66.9 Å². The highest BCUT2D eigenvalue weighted by Gasteiger charge is 2.24. The number of rotatable bonds is 7. The summed E-state index contributed by atoms with van der Waals surface area (Å²) in [5.74, 6) is 1.40. The zero-order valence-corrected chi connectivity index (χ0v) is 23.5. The third-order valence-corrected chi connectivity index (χ3v) is 9.11. The minimum atomic E-state index is -3.95. The Morgan fingerprint density at radius 1 is 1.13 bits per heavy atom. The Bertz CT molecular complexity index is 1450. The van der Waals surface area contributed by atoms with Crippen LogP contribution in [0.3, 0.4) is 0 Å². The highest BCUT2D eigenvalue weighted by Crippen LogP contribution is 2.34. The van der Waals surface area contributed by atoms with Crippen LogP contribution in [0.25, 0.3) is 0 Å². The van der Waals surface area contributed by atoms with E-state index in [1.807, 2.05) is 31.3 Å². The number of sulfonamides is 1. The van der Waals surface area contributed by atoms with E-state index in [4.69, 9.17) is 26.1 Å². The molecule has 0 unspecified atom stereocenters. The molecule has 202 valence electrons. The molecule has 0 fully saturated rings. The Balaban J connectivity index is 1.47. The van der Waals surface area contributed by atoms with Gasteiger partial charge in [0, 0.05) is 37.3 Å². The van der Waals surface area contributed by atoms with Crippen molar-refractivity contribution in [3.63, 3.8) is 0 Å². The van der Waals surface area contributed by atoms with Crippen molar-refractivity contribution >= 4 is 33.1 Å². The minimum Gasteiger partial charge on any atom is -0.490 e.